The molecule has 7 nitrogen and oxygen atoms in total. The summed E-state index contributed by atoms with van der Waals surface area (Å²) >= 11 is 6.45. The van der Waals surface area contributed by atoms with Gasteiger partial charge in [-0.3, -0.25) is 14.4 Å². The zero-order valence-electron chi connectivity index (χ0n) is 19.8. The number of halogens is 2. The Morgan fingerprint density at radius 1 is 1.11 bits per heavy atom. The first-order valence-electron chi connectivity index (χ1n) is 11.3. The number of aromatic nitrogens is 1. The number of fused-ring (bicyclic) bond motifs is 1. The summed E-state index contributed by atoms with van der Waals surface area (Å²) in [5.41, 5.74) is 0.265. The molecule has 0 radical (unpaired) electrons. The van der Waals surface area contributed by atoms with E-state index in [4.69, 9.17) is 11.6 Å². The van der Waals surface area contributed by atoms with E-state index >= 15 is 0 Å². The van der Waals surface area contributed by atoms with Gasteiger partial charge in [-0.05, 0) is 42.7 Å². The summed E-state index contributed by atoms with van der Waals surface area (Å²) in [6.45, 7) is 0.648. The summed E-state index contributed by atoms with van der Waals surface area (Å²) in [4.78, 5) is 41.3. The van der Waals surface area contributed by atoms with Crippen LogP contribution in [0, 0.1) is 5.82 Å². The van der Waals surface area contributed by atoms with Gasteiger partial charge in [-0.15, -0.1) is 0 Å². The lowest BCUT2D eigenvalue weighted by molar-refractivity contribution is -0.124. The largest absolute Gasteiger partial charge is 0.389 e. The lowest BCUT2D eigenvalue weighted by Crippen LogP contribution is -2.47. The molecule has 0 aliphatic carbocycles. The highest BCUT2D eigenvalue weighted by atomic mass is 35.5. The Kier molecular flexibility index (Phi) is 6.71. The average Bonchev–Trinajstić information content (AvgIpc) is 3.13. The highest BCUT2D eigenvalue weighted by Gasteiger charge is 2.35. The SMILES string of the molecule is CN(C)C(=O)C(=O)c1c2cc(C(=O)N3CCC(O)(Cc4ccc(F)cc4)CC3)c(Cl)cc2cn1C. The van der Waals surface area contributed by atoms with Crippen LogP contribution in [-0.4, -0.2) is 69.9 Å². The molecule has 1 aliphatic heterocycles. The van der Waals surface area contributed by atoms with Gasteiger partial charge in [-0.2, -0.15) is 0 Å². The third-order valence-electron chi connectivity index (χ3n) is 6.55. The summed E-state index contributed by atoms with van der Waals surface area (Å²) in [6.07, 6.45) is 2.80. The van der Waals surface area contributed by atoms with Crippen LogP contribution in [0.5, 0.6) is 0 Å². The molecule has 2 amide bonds. The Hall–Kier alpha value is -3.23. The van der Waals surface area contributed by atoms with Gasteiger partial charge in [-0.25, -0.2) is 4.39 Å². The smallest absolute Gasteiger partial charge is 0.296 e. The van der Waals surface area contributed by atoms with Crippen molar-refractivity contribution >= 4 is 40.0 Å². The van der Waals surface area contributed by atoms with Crippen molar-refractivity contribution in [3.05, 3.63) is 70.3 Å². The van der Waals surface area contributed by atoms with Crippen LogP contribution in [0.15, 0.2) is 42.6 Å². The maximum Gasteiger partial charge on any atom is 0.296 e. The summed E-state index contributed by atoms with van der Waals surface area (Å²) in [7, 11) is 4.67. The minimum atomic E-state index is -0.992. The second-order valence-corrected chi connectivity index (χ2v) is 9.76. The number of aryl methyl sites for hydroxylation is 1. The number of likely N-dealkylation sites (tertiary alicyclic amines) is 1. The van der Waals surface area contributed by atoms with Crippen LogP contribution in [0.2, 0.25) is 5.02 Å². The minimum Gasteiger partial charge on any atom is -0.389 e. The number of Topliss-reactive ketones (excluding diaryl/α,β-unsaturated/α-hetero) is 1. The lowest BCUT2D eigenvalue weighted by atomic mass is 9.85. The van der Waals surface area contributed by atoms with Gasteiger partial charge in [0.25, 0.3) is 17.6 Å². The Bertz CT molecular complexity index is 1310. The zero-order chi connectivity index (χ0) is 25.5. The van der Waals surface area contributed by atoms with E-state index in [0.717, 1.165) is 5.56 Å². The Labute approximate surface area is 207 Å². The van der Waals surface area contributed by atoms with Crippen molar-refractivity contribution in [3.63, 3.8) is 0 Å². The van der Waals surface area contributed by atoms with Crippen LogP contribution in [0.1, 0.15) is 39.3 Å². The van der Waals surface area contributed by atoms with E-state index in [1.165, 1.54) is 31.1 Å². The Balaban J connectivity index is 1.55. The molecule has 1 N–H and O–H groups in total. The molecule has 0 unspecified atom stereocenters. The fourth-order valence-electron chi connectivity index (χ4n) is 4.57. The van der Waals surface area contributed by atoms with Gasteiger partial charge in [0.1, 0.15) is 11.5 Å². The third-order valence-corrected chi connectivity index (χ3v) is 6.87. The topological polar surface area (TPSA) is 82.8 Å². The van der Waals surface area contributed by atoms with Crippen LogP contribution in [0.4, 0.5) is 4.39 Å². The number of piperidine rings is 1. The summed E-state index contributed by atoms with van der Waals surface area (Å²) < 4.78 is 14.7. The minimum absolute atomic E-state index is 0.191. The molecular weight excluding hydrogens is 473 g/mol. The van der Waals surface area contributed by atoms with Crippen molar-refractivity contribution < 1.29 is 23.9 Å². The molecular formula is C26H27ClFN3O4. The van der Waals surface area contributed by atoms with E-state index in [1.807, 2.05) is 0 Å². The summed E-state index contributed by atoms with van der Waals surface area (Å²) in [5, 5.41) is 12.4. The van der Waals surface area contributed by atoms with Crippen LogP contribution in [0.25, 0.3) is 10.8 Å². The predicted molar refractivity (Wildman–Crippen MR) is 131 cm³/mol. The number of amides is 2. The quantitative estimate of drug-likeness (QED) is 0.430. The number of likely N-dealkylation sites (N-methyl/N-ethyl adjacent to an activating group) is 1. The molecule has 1 fully saturated rings. The molecule has 184 valence electrons. The van der Waals surface area contributed by atoms with E-state index in [-0.39, 0.29) is 28.0 Å². The van der Waals surface area contributed by atoms with Crippen molar-refractivity contribution in [2.45, 2.75) is 24.9 Å². The number of benzene rings is 2. The second-order valence-electron chi connectivity index (χ2n) is 9.36. The van der Waals surface area contributed by atoms with Gasteiger partial charge < -0.3 is 19.5 Å². The Morgan fingerprint density at radius 2 is 1.74 bits per heavy atom. The van der Waals surface area contributed by atoms with E-state index in [1.54, 1.807) is 47.0 Å². The number of rotatable bonds is 5. The standard InChI is InChI=1S/C26H27ClFN3O4/c1-29(2)25(34)23(32)22-19-13-20(21(27)12-17(19)15-30(22)3)24(33)31-10-8-26(35,9-11-31)14-16-4-6-18(28)7-5-16/h4-7,12-13,15,35H,8-11,14H2,1-3H3. The molecule has 0 saturated carbocycles. The van der Waals surface area contributed by atoms with E-state index in [9.17, 15) is 23.9 Å². The van der Waals surface area contributed by atoms with Crippen molar-refractivity contribution in [2.75, 3.05) is 27.2 Å². The van der Waals surface area contributed by atoms with Gasteiger partial charge in [0.05, 0.1) is 16.2 Å². The van der Waals surface area contributed by atoms with E-state index in [0.29, 0.717) is 43.1 Å². The molecule has 35 heavy (non-hydrogen) atoms. The predicted octanol–water partition coefficient (Wildman–Crippen LogP) is 3.45. The van der Waals surface area contributed by atoms with Crippen LogP contribution >= 0.6 is 11.6 Å². The number of carbonyl (C=O) groups excluding carboxylic acids is 3. The van der Waals surface area contributed by atoms with Crippen molar-refractivity contribution in [2.24, 2.45) is 7.05 Å². The molecule has 2 aromatic carbocycles. The zero-order valence-corrected chi connectivity index (χ0v) is 20.6. The summed E-state index contributed by atoms with van der Waals surface area (Å²) in [5.74, 6) is -1.96. The summed E-state index contributed by atoms with van der Waals surface area (Å²) in [6, 6.07) is 9.22. The first-order valence-corrected chi connectivity index (χ1v) is 11.7. The first kappa shape index (κ1) is 24.9. The molecule has 0 bridgehead atoms. The number of aliphatic hydroxyl groups is 1. The highest BCUT2D eigenvalue weighted by Crippen LogP contribution is 2.32. The fraction of sp³-hybridized carbons (Fsp3) is 0.346. The molecule has 1 saturated heterocycles. The third kappa shape index (κ3) is 4.94. The average molecular weight is 500 g/mol. The van der Waals surface area contributed by atoms with Crippen LogP contribution in [0.3, 0.4) is 0 Å². The second kappa shape index (κ2) is 9.43. The van der Waals surface area contributed by atoms with Gasteiger partial charge in [0.2, 0.25) is 0 Å². The van der Waals surface area contributed by atoms with Crippen LogP contribution < -0.4 is 0 Å². The molecule has 3 aromatic rings. The number of carbonyl (C=O) groups is 3. The molecule has 2 heterocycles. The number of ketones is 1. The fourth-order valence-corrected chi connectivity index (χ4v) is 4.82. The number of hydrogen-bond acceptors (Lipinski definition) is 4. The van der Waals surface area contributed by atoms with Crippen molar-refractivity contribution in [3.8, 4) is 0 Å². The lowest BCUT2D eigenvalue weighted by Gasteiger charge is -2.38. The molecule has 4 rings (SSSR count). The van der Waals surface area contributed by atoms with Crippen molar-refractivity contribution in [1.82, 2.24) is 14.4 Å². The first-order chi connectivity index (χ1) is 16.5. The maximum absolute atomic E-state index is 13.4. The van der Waals surface area contributed by atoms with Crippen LogP contribution in [-0.2, 0) is 18.3 Å². The molecule has 1 aromatic heterocycles. The number of nitrogens with zero attached hydrogens (tertiary/aromatic N) is 3. The van der Waals surface area contributed by atoms with Gasteiger partial charge >= 0.3 is 0 Å². The maximum atomic E-state index is 13.4. The van der Waals surface area contributed by atoms with Gasteiger partial charge in [0, 0.05) is 57.6 Å². The molecule has 0 atom stereocenters. The van der Waals surface area contributed by atoms with E-state index < -0.39 is 17.3 Å². The van der Waals surface area contributed by atoms with Crippen molar-refractivity contribution in [1.29, 1.82) is 0 Å². The number of hydrogen-bond donors (Lipinski definition) is 1. The molecule has 9 heteroatoms. The molecule has 1 aliphatic rings. The molecule has 0 spiro atoms. The van der Waals surface area contributed by atoms with Gasteiger partial charge in [0.15, 0.2) is 0 Å². The monoisotopic (exact) mass is 499 g/mol. The van der Waals surface area contributed by atoms with E-state index in [2.05, 4.69) is 0 Å². The normalized spacial score (nSPS) is 15.3. The highest BCUT2D eigenvalue weighted by molar-refractivity contribution is 6.44. The Morgan fingerprint density at radius 3 is 2.34 bits per heavy atom. The van der Waals surface area contributed by atoms with Gasteiger partial charge in [-0.1, -0.05) is 23.7 Å².